The number of ketones is 1. The minimum absolute atomic E-state index is 0.158. The number of hydrogen-bond acceptors (Lipinski definition) is 4. The minimum Gasteiger partial charge on any atom is -0.417 e. The average molecular weight is 433 g/mol. The average Bonchev–Trinajstić information content (AvgIpc) is 2.62. The van der Waals surface area contributed by atoms with Crippen molar-refractivity contribution in [2.24, 2.45) is 0 Å². The van der Waals surface area contributed by atoms with Crippen LogP contribution in [0.3, 0.4) is 0 Å². The summed E-state index contributed by atoms with van der Waals surface area (Å²) in [6.07, 6.45) is 0.675. The molecule has 0 amide bonds. The van der Waals surface area contributed by atoms with E-state index in [1.807, 2.05) is 36.4 Å². The Morgan fingerprint density at radius 2 is 1.32 bits per heavy atom. The third-order valence-corrected chi connectivity index (χ3v) is 13.0. The van der Waals surface area contributed by atoms with Gasteiger partial charge >= 0.3 is 0 Å². The Morgan fingerprint density at radius 1 is 0.893 bits per heavy atom. The van der Waals surface area contributed by atoms with Crippen LogP contribution in [0.5, 0.6) is 0 Å². The monoisotopic (exact) mass is 432 g/mol. The summed E-state index contributed by atoms with van der Waals surface area (Å²) in [6.45, 7) is 13.6. The topological polar surface area (TPSA) is 26.3 Å². The number of thioether (sulfide) groups is 2. The van der Waals surface area contributed by atoms with Crippen molar-refractivity contribution in [3.63, 3.8) is 0 Å². The third kappa shape index (κ3) is 6.24. The zero-order chi connectivity index (χ0) is 20.8. The second kappa shape index (κ2) is 9.66. The second-order valence-corrected chi connectivity index (χ2v) is 16.3. The van der Waals surface area contributed by atoms with Crippen LogP contribution in [0.2, 0.25) is 18.1 Å². The van der Waals surface area contributed by atoms with Gasteiger partial charge in [-0.3, -0.25) is 4.79 Å². The first-order chi connectivity index (χ1) is 13.1. The molecule has 5 heteroatoms. The molecule has 0 atom stereocenters. The number of Topliss-reactive ketones (excluding diaryl/α,β-unsaturated/α-hetero) is 1. The van der Waals surface area contributed by atoms with Crippen molar-refractivity contribution >= 4 is 37.6 Å². The van der Waals surface area contributed by atoms with E-state index in [-0.39, 0.29) is 10.8 Å². The lowest BCUT2D eigenvalue weighted by Crippen LogP contribution is -2.42. The largest absolute Gasteiger partial charge is 0.417 e. The van der Waals surface area contributed by atoms with Crippen molar-refractivity contribution in [3.05, 3.63) is 60.7 Å². The van der Waals surface area contributed by atoms with Crippen molar-refractivity contribution in [2.45, 2.75) is 66.1 Å². The number of carbonyl (C=O) groups is 1. The molecule has 152 valence electrons. The van der Waals surface area contributed by atoms with E-state index < -0.39 is 12.4 Å². The fourth-order valence-corrected chi connectivity index (χ4v) is 6.25. The highest BCUT2D eigenvalue weighted by Crippen LogP contribution is 2.49. The Labute approximate surface area is 180 Å². The number of hydrogen-bond donors (Lipinski definition) is 0. The van der Waals surface area contributed by atoms with Crippen LogP contribution in [-0.4, -0.2) is 24.8 Å². The molecular formula is C23H32O2S2Si. The maximum atomic E-state index is 12.9. The fourth-order valence-electron chi connectivity index (χ4n) is 2.46. The molecule has 0 radical (unpaired) electrons. The summed E-state index contributed by atoms with van der Waals surface area (Å²) in [4.78, 5) is 15.2. The van der Waals surface area contributed by atoms with Crippen LogP contribution in [-0.2, 0) is 9.22 Å². The highest BCUT2D eigenvalue weighted by Gasteiger charge is 2.41. The maximum absolute atomic E-state index is 12.9. The van der Waals surface area contributed by atoms with E-state index >= 15 is 0 Å². The summed E-state index contributed by atoms with van der Waals surface area (Å²) in [7, 11) is -1.85. The van der Waals surface area contributed by atoms with Crippen LogP contribution in [0.25, 0.3) is 0 Å². The SMILES string of the molecule is CC(=O)C(CCO[Si](C)(C)C(C)(C)C)(Sc1ccccc1)Sc1ccccc1. The standard InChI is InChI=1S/C23H32O2S2Si/c1-19(24)23(26-20-13-9-7-10-14-20,27-21-15-11-8-12-16-21)17-18-25-28(5,6)22(2,3)4/h7-16H,17-18H2,1-6H3. The Bertz CT molecular complexity index is 714. The molecule has 2 aromatic rings. The zero-order valence-corrected chi connectivity index (χ0v) is 20.5. The van der Waals surface area contributed by atoms with Crippen LogP contribution in [0.15, 0.2) is 70.5 Å². The molecule has 0 N–H and O–H groups in total. The molecule has 0 spiro atoms. The summed E-state index contributed by atoms with van der Waals surface area (Å²) in [6, 6.07) is 20.4. The maximum Gasteiger partial charge on any atom is 0.191 e. The van der Waals surface area contributed by atoms with Crippen molar-refractivity contribution in [1.29, 1.82) is 0 Å². The van der Waals surface area contributed by atoms with Gasteiger partial charge in [-0.15, -0.1) is 0 Å². The molecule has 0 aromatic heterocycles. The van der Waals surface area contributed by atoms with E-state index in [1.165, 1.54) is 0 Å². The normalized spacial score (nSPS) is 12.8. The van der Waals surface area contributed by atoms with E-state index in [1.54, 1.807) is 30.4 Å². The van der Waals surface area contributed by atoms with Gasteiger partial charge in [0.25, 0.3) is 0 Å². The van der Waals surface area contributed by atoms with Gasteiger partial charge in [-0.05, 0) is 49.3 Å². The molecule has 0 aliphatic rings. The Morgan fingerprint density at radius 3 is 1.68 bits per heavy atom. The summed E-state index contributed by atoms with van der Waals surface area (Å²) >= 11 is 3.29. The first-order valence-electron chi connectivity index (χ1n) is 9.69. The molecule has 0 aliphatic carbocycles. The third-order valence-electron chi connectivity index (χ3n) is 5.29. The molecule has 2 nitrogen and oxygen atoms in total. The van der Waals surface area contributed by atoms with Crippen molar-refractivity contribution < 1.29 is 9.22 Å². The Balaban J connectivity index is 2.27. The predicted molar refractivity (Wildman–Crippen MR) is 126 cm³/mol. The van der Waals surface area contributed by atoms with E-state index in [9.17, 15) is 4.79 Å². The first-order valence-corrected chi connectivity index (χ1v) is 14.2. The van der Waals surface area contributed by atoms with E-state index in [4.69, 9.17) is 4.43 Å². The van der Waals surface area contributed by atoms with Crippen LogP contribution in [0.4, 0.5) is 0 Å². The van der Waals surface area contributed by atoms with Gasteiger partial charge in [-0.1, -0.05) is 80.7 Å². The van der Waals surface area contributed by atoms with Crippen LogP contribution in [0.1, 0.15) is 34.1 Å². The van der Waals surface area contributed by atoms with E-state index in [0.29, 0.717) is 13.0 Å². The summed E-state index contributed by atoms with van der Waals surface area (Å²) in [5.41, 5.74) is 0. The van der Waals surface area contributed by atoms with Gasteiger partial charge in [0.05, 0.1) is 0 Å². The first kappa shape index (κ1) is 23.3. The molecule has 0 saturated carbocycles. The number of carbonyl (C=O) groups excluding carboxylic acids is 1. The predicted octanol–water partition coefficient (Wildman–Crippen LogP) is 7.27. The summed E-state index contributed by atoms with van der Waals surface area (Å²) in [5.74, 6) is 0.175. The van der Waals surface area contributed by atoms with Crippen molar-refractivity contribution in [3.8, 4) is 0 Å². The lowest BCUT2D eigenvalue weighted by Gasteiger charge is -2.38. The molecule has 2 rings (SSSR count). The van der Waals surface area contributed by atoms with Gasteiger partial charge in [0.2, 0.25) is 0 Å². The van der Waals surface area contributed by atoms with Gasteiger partial charge in [0.1, 0.15) is 4.08 Å². The minimum atomic E-state index is -1.85. The fraction of sp³-hybridized carbons (Fsp3) is 0.435. The Kier molecular flexibility index (Phi) is 8.03. The smallest absolute Gasteiger partial charge is 0.191 e. The summed E-state index contributed by atoms with van der Waals surface area (Å²) in [5, 5.41) is 0.158. The summed E-state index contributed by atoms with van der Waals surface area (Å²) < 4.78 is 5.83. The molecule has 0 bridgehead atoms. The van der Waals surface area contributed by atoms with Gasteiger partial charge in [0.15, 0.2) is 14.1 Å². The molecule has 0 unspecified atom stereocenters. The highest BCUT2D eigenvalue weighted by atomic mass is 32.2. The highest BCUT2D eigenvalue weighted by molar-refractivity contribution is 8.19. The Hall–Kier alpha value is -1.01. The van der Waals surface area contributed by atoms with Crippen LogP contribution >= 0.6 is 23.5 Å². The van der Waals surface area contributed by atoms with Gasteiger partial charge in [-0.25, -0.2) is 0 Å². The zero-order valence-electron chi connectivity index (χ0n) is 17.8. The number of rotatable bonds is 9. The van der Waals surface area contributed by atoms with Gasteiger partial charge in [-0.2, -0.15) is 0 Å². The van der Waals surface area contributed by atoms with Crippen LogP contribution in [0, 0.1) is 0 Å². The molecule has 2 aromatic carbocycles. The lowest BCUT2D eigenvalue weighted by molar-refractivity contribution is -0.117. The van der Waals surface area contributed by atoms with E-state index in [0.717, 1.165) is 9.79 Å². The number of benzene rings is 2. The van der Waals surface area contributed by atoms with Gasteiger partial charge < -0.3 is 4.43 Å². The van der Waals surface area contributed by atoms with E-state index in [2.05, 4.69) is 58.1 Å². The molecule has 0 heterocycles. The van der Waals surface area contributed by atoms with Crippen molar-refractivity contribution in [1.82, 2.24) is 0 Å². The molecule has 28 heavy (non-hydrogen) atoms. The quantitative estimate of drug-likeness (QED) is 0.236. The molecular weight excluding hydrogens is 400 g/mol. The molecule has 0 aliphatic heterocycles. The second-order valence-electron chi connectivity index (χ2n) is 8.50. The van der Waals surface area contributed by atoms with Gasteiger partial charge in [0, 0.05) is 22.8 Å². The van der Waals surface area contributed by atoms with Crippen molar-refractivity contribution in [2.75, 3.05) is 6.61 Å². The molecule has 0 fully saturated rings. The molecule has 0 saturated heterocycles. The van der Waals surface area contributed by atoms with Crippen LogP contribution < -0.4 is 0 Å². The lowest BCUT2D eigenvalue weighted by atomic mass is 10.2.